The van der Waals surface area contributed by atoms with E-state index in [0.29, 0.717) is 30.1 Å². The predicted octanol–water partition coefficient (Wildman–Crippen LogP) is 5.52. The van der Waals surface area contributed by atoms with Crippen molar-refractivity contribution in [1.82, 2.24) is 20.1 Å². The van der Waals surface area contributed by atoms with Gasteiger partial charge in [-0.25, -0.2) is 4.98 Å². The van der Waals surface area contributed by atoms with Crippen molar-refractivity contribution < 1.29 is 9.59 Å². The third kappa shape index (κ3) is 5.41. The van der Waals surface area contributed by atoms with Crippen LogP contribution < -0.4 is 10.6 Å². The lowest BCUT2D eigenvalue weighted by Gasteiger charge is -2.19. The van der Waals surface area contributed by atoms with Crippen molar-refractivity contribution in [3.8, 4) is 23.0 Å². The SMILES string of the molecule is CC#CC(=O)N1CC[C@@H](Nc2n[nH]c3nccc(-c4cccc(NC(=O)c5ccc(C(C)(C)C)cc5)c4C)c23)C1. The summed E-state index contributed by atoms with van der Waals surface area (Å²) >= 11 is 0. The van der Waals surface area contributed by atoms with Crippen LogP contribution in [0.25, 0.3) is 22.2 Å². The number of hydrogen-bond acceptors (Lipinski definition) is 5. The van der Waals surface area contributed by atoms with Crippen molar-refractivity contribution in [2.75, 3.05) is 23.7 Å². The molecule has 0 aliphatic carbocycles. The molecule has 204 valence electrons. The standard InChI is InChI=1S/C32H34N6O2/c1-6-8-27(39)38-18-16-23(19-38)34-30-28-25(15-17-33-29(28)36-37-30)24-9-7-10-26(20(24)2)35-31(40)21-11-13-22(14-12-21)32(3,4)5/h7,9-15,17,23H,16,18-19H2,1-5H3,(H,35,40)(H2,33,34,36,37)/t23-/m1/s1. The summed E-state index contributed by atoms with van der Waals surface area (Å²) in [5.74, 6) is 5.68. The number of likely N-dealkylation sites (tertiary alicyclic amines) is 1. The van der Waals surface area contributed by atoms with Gasteiger partial charge in [0, 0.05) is 36.6 Å². The minimum atomic E-state index is -0.153. The topological polar surface area (TPSA) is 103 Å². The first-order valence-corrected chi connectivity index (χ1v) is 13.5. The maximum atomic E-state index is 13.1. The van der Waals surface area contributed by atoms with E-state index in [4.69, 9.17) is 0 Å². The zero-order chi connectivity index (χ0) is 28.4. The van der Waals surface area contributed by atoms with Gasteiger partial charge in [0.25, 0.3) is 11.8 Å². The van der Waals surface area contributed by atoms with E-state index < -0.39 is 0 Å². The number of H-pyrrole nitrogens is 1. The normalized spacial score (nSPS) is 15.0. The molecule has 0 spiro atoms. The van der Waals surface area contributed by atoms with Crippen molar-refractivity contribution in [3.05, 3.63) is 71.4 Å². The summed E-state index contributed by atoms with van der Waals surface area (Å²) in [6, 6.07) is 15.7. The highest BCUT2D eigenvalue weighted by Gasteiger charge is 2.27. The third-order valence-corrected chi connectivity index (χ3v) is 7.39. The Kier molecular flexibility index (Phi) is 7.31. The van der Waals surface area contributed by atoms with Crippen LogP contribution >= 0.6 is 0 Å². The zero-order valence-corrected chi connectivity index (χ0v) is 23.6. The Morgan fingerprint density at radius 2 is 1.85 bits per heavy atom. The summed E-state index contributed by atoms with van der Waals surface area (Å²) in [4.78, 5) is 31.6. The molecule has 0 radical (unpaired) electrons. The Labute approximate surface area is 234 Å². The lowest BCUT2D eigenvalue weighted by Crippen LogP contribution is -2.30. The van der Waals surface area contributed by atoms with E-state index in [1.54, 1.807) is 18.0 Å². The van der Waals surface area contributed by atoms with Crippen LogP contribution in [0.5, 0.6) is 0 Å². The summed E-state index contributed by atoms with van der Waals surface area (Å²) in [7, 11) is 0. The van der Waals surface area contributed by atoms with Crippen LogP contribution in [0, 0.1) is 18.8 Å². The van der Waals surface area contributed by atoms with Crippen molar-refractivity contribution in [2.45, 2.75) is 52.5 Å². The maximum absolute atomic E-state index is 13.1. The van der Waals surface area contributed by atoms with Gasteiger partial charge in [0.05, 0.1) is 5.39 Å². The van der Waals surface area contributed by atoms with Gasteiger partial charge in [0.1, 0.15) is 0 Å². The van der Waals surface area contributed by atoms with Gasteiger partial charge in [-0.15, -0.1) is 0 Å². The minimum absolute atomic E-state index is 0.0227. The Bertz CT molecular complexity index is 1640. The molecule has 2 aromatic carbocycles. The molecule has 0 bridgehead atoms. The number of carbonyl (C=O) groups excluding carboxylic acids is 2. The molecule has 0 saturated carbocycles. The van der Waals surface area contributed by atoms with Crippen LogP contribution in [0.3, 0.4) is 0 Å². The van der Waals surface area contributed by atoms with E-state index in [0.717, 1.165) is 34.2 Å². The van der Waals surface area contributed by atoms with Crippen molar-refractivity contribution in [2.24, 2.45) is 0 Å². The van der Waals surface area contributed by atoms with Gasteiger partial charge in [-0.2, -0.15) is 5.10 Å². The molecule has 1 aliphatic rings. The number of nitrogens with one attached hydrogen (secondary N) is 3. The average Bonchev–Trinajstić information content (AvgIpc) is 3.57. The fourth-order valence-electron chi connectivity index (χ4n) is 5.10. The van der Waals surface area contributed by atoms with Crippen LogP contribution in [-0.2, 0) is 10.2 Å². The monoisotopic (exact) mass is 534 g/mol. The first kappa shape index (κ1) is 26.9. The first-order valence-electron chi connectivity index (χ1n) is 13.5. The number of carbonyl (C=O) groups is 2. The predicted molar refractivity (Wildman–Crippen MR) is 159 cm³/mol. The lowest BCUT2D eigenvalue weighted by atomic mass is 9.86. The Morgan fingerprint density at radius 3 is 2.58 bits per heavy atom. The van der Waals surface area contributed by atoms with Gasteiger partial charge < -0.3 is 15.5 Å². The molecule has 40 heavy (non-hydrogen) atoms. The summed E-state index contributed by atoms with van der Waals surface area (Å²) in [5, 5.41) is 15.0. The molecule has 1 aliphatic heterocycles. The van der Waals surface area contributed by atoms with Crippen LogP contribution in [0.4, 0.5) is 11.5 Å². The molecule has 1 atom stereocenters. The van der Waals surface area contributed by atoms with Crippen LogP contribution in [0.15, 0.2) is 54.7 Å². The fraction of sp³-hybridized carbons (Fsp3) is 0.312. The Hall–Kier alpha value is -4.64. The van der Waals surface area contributed by atoms with Crippen LogP contribution in [0.2, 0.25) is 0 Å². The second-order valence-corrected chi connectivity index (χ2v) is 11.2. The lowest BCUT2D eigenvalue weighted by molar-refractivity contribution is -0.124. The van der Waals surface area contributed by atoms with E-state index in [1.165, 1.54) is 5.56 Å². The van der Waals surface area contributed by atoms with E-state index in [1.807, 2.05) is 55.5 Å². The highest BCUT2D eigenvalue weighted by atomic mass is 16.2. The van der Waals surface area contributed by atoms with Crippen molar-refractivity contribution in [1.29, 1.82) is 0 Å². The molecule has 2 amide bonds. The van der Waals surface area contributed by atoms with Crippen LogP contribution in [-0.4, -0.2) is 51.0 Å². The second-order valence-electron chi connectivity index (χ2n) is 11.2. The van der Waals surface area contributed by atoms with Gasteiger partial charge >= 0.3 is 0 Å². The van der Waals surface area contributed by atoms with Gasteiger partial charge in [-0.1, -0.05) is 51.0 Å². The highest BCUT2D eigenvalue weighted by Crippen LogP contribution is 2.36. The maximum Gasteiger partial charge on any atom is 0.298 e. The first-order chi connectivity index (χ1) is 19.2. The molecule has 0 unspecified atom stereocenters. The molecule has 5 rings (SSSR count). The zero-order valence-electron chi connectivity index (χ0n) is 23.6. The number of pyridine rings is 1. The summed E-state index contributed by atoms with van der Waals surface area (Å²) < 4.78 is 0. The van der Waals surface area contributed by atoms with E-state index in [-0.39, 0.29) is 23.3 Å². The van der Waals surface area contributed by atoms with Crippen molar-refractivity contribution in [3.63, 3.8) is 0 Å². The molecular formula is C32H34N6O2. The molecule has 1 saturated heterocycles. The van der Waals surface area contributed by atoms with E-state index in [9.17, 15) is 9.59 Å². The summed E-state index contributed by atoms with van der Waals surface area (Å²) in [5.41, 5.74) is 6.08. The van der Waals surface area contributed by atoms with Crippen LogP contribution in [0.1, 0.15) is 55.6 Å². The smallest absolute Gasteiger partial charge is 0.298 e. The number of anilines is 2. The third-order valence-electron chi connectivity index (χ3n) is 7.39. The molecule has 4 aromatic rings. The van der Waals surface area contributed by atoms with Gasteiger partial charge in [0.15, 0.2) is 11.5 Å². The molecule has 1 fully saturated rings. The molecule has 2 aromatic heterocycles. The number of amides is 2. The molecule has 3 N–H and O–H groups in total. The molecular weight excluding hydrogens is 500 g/mol. The Balaban J connectivity index is 1.41. The van der Waals surface area contributed by atoms with Gasteiger partial charge in [-0.05, 0) is 78.1 Å². The average molecular weight is 535 g/mol. The van der Waals surface area contributed by atoms with E-state index >= 15 is 0 Å². The summed E-state index contributed by atoms with van der Waals surface area (Å²) in [6.07, 6.45) is 2.55. The minimum Gasteiger partial charge on any atom is -0.363 e. The highest BCUT2D eigenvalue weighted by molar-refractivity contribution is 6.06. The molecule has 8 nitrogen and oxygen atoms in total. The fourth-order valence-corrected chi connectivity index (χ4v) is 5.10. The quantitative estimate of drug-likeness (QED) is 0.293. The number of nitrogens with zero attached hydrogens (tertiary/aromatic N) is 3. The number of aromatic amines is 1. The van der Waals surface area contributed by atoms with Gasteiger partial charge in [-0.3, -0.25) is 14.7 Å². The summed E-state index contributed by atoms with van der Waals surface area (Å²) in [6.45, 7) is 11.3. The number of aromatic nitrogens is 3. The van der Waals surface area contributed by atoms with Gasteiger partial charge in [0.2, 0.25) is 0 Å². The molecule has 3 heterocycles. The number of hydrogen-bond donors (Lipinski definition) is 3. The number of fused-ring (bicyclic) bond motifs is 1. The van der Waals surface area contributed by atoms with E-state index in [2.05, 4.69) is 58.4 Å². The number of rotatable bonds is 5. The number of benzene rings is 2. The van der Waals surface area contributed by atoms with Crippen molar-refractivity contribution >= 4 is 34.4 Å². The Morgan fingerprint density at radius 1 is 1.07 bits per heavy atom. The second kappa shape index (κ2) is 10.9. The largest absolute Gasteiger partial charge is 0.363 e. The molecule has 8 heteroatoms.